The molecule has 20 heteroatoms. The molecule has 0 unspecified atom stereocenters. The molecule has 0 radical (unpaired) electrons. The van der Waals surface area contributed by atoms with Crippen molar-refractivity contribution in [2.75, 3.05) is 0 Å². The molecule has 0 fully saturated rings. The minimum atomic E-state index is -6.09. The summed E-state index contributed by atoms with van der Waals surface area (Å²) in [5.41, 5.74) is -11.3. The van der Waals surface area contributed by atoms with Gasteiger partial charge in [0.05, 0.1) is 21.8 Å². The Morgan fingerprint density at radius 2 is 0.569 bits per heavy atom. The van der Waals surface area contributed by atoms with E-state index in [9.17, 15) is 45.3 Å². The number of halogens is 8. The van der Waals surface area contributed by atoms with Crippen LogP contribution in [0.25, 0.3) is 0 Å². The maximum absolute atomic E-state index is 13.2. The van der Waals surface area contributed by atoms with Gasteiger partial charge in [-0.15, -0.1) is 0 Å². The first-order chi connectivity index (χ1) is 27.0. The summed E-state index contributed by atoms with van der Waals surface area (Å²) in [5.74, 6) is -0.0989. The summed E-state index contributed by atoms with van der Waals surface area (Å²) in [6.45, 7) is 0. The number of phenols is 2. The lowest BCUT2D eigenvalue weighted by Gasteiger charge is -2.08. The lowest BCUT2D eigenvalue weighted by molar-refractivity contribution is -0.0522. The quantitative estimate of drug-likeness (QED) is 0.0726. The Morgan fingerprint density at radius 3 is 0.776 bits per heavy atom. The Morgan fingerprint density at radius 1 is 0.379 bits per heavy atom. The molecule has 6 rings (SSSR count). The van der Waals surface area contributed by atoms with E-state index in [1.165, 1.54) is 39.0 Å². The summed E-state index contributed by atoms with van der Waals surface area (Å²) >= 11 is 0. The van der Waals surface area contributed by atoms with Crippen LogP contribution >= 0.6 is 0 Å². The maximum Gasteiger partial charge on any atom is 0.485 e. The first-order valence-electron chi connectivity index (χ1n) is 15.7. The summed E-state index contributed by atoms with van der Waals surface area (Å²) in [4.78, 5) is 6.60. The van der Waals surface area contributed by atoms with Crippen molar-refractivity contribution in [3.8, 4) is 11.5 Å². The Hall–Kier alpha value is -5.12. The molecule has 0 spiro atoms. The van der Waals surface area contributed by atoms with Gasteiger partial charge in [-0.2, -0.15) is 26.3 Å². The molecule has 58 heavy (non-hydrogen) atoms. The van der Waals surface area contributed by atoms with Crippen LogP contribution in [0.2, 0.25) is 0 Å². The van der Waals surface area contributed by atoms with E-state index in [-0.39, 0.29) is 28.3 Å². The van der Waals surface area contributed by atoms with Gasteiger partial charge >= 0.3 is 11.0 Å². The Kier molecular flexibility index (Phi) is 16.7. The number of phenolic OH excluding ortho intramolecular Hbond substituents is 2. The third-order valence-corrected chi connectivity index (χ3v) is 12.4. The summed E-state index contributed by atoms with van der Waals surface area (Å²) in [6, 6.07) is 47.9. The first-order valence-corrected chi connectivity index (χ1v) is 21.0. The van der Waals surface area contributed by atoms with E-state index in [1.54, 1.807) is 48.5 Å². The SMILES string of the molecule is O=S(=O)([O-])C(F)(F)F.O=S(=O)([O-])C(F)(F)F.Oc1ccc([S+](c2ccc(F)cc2)c2ccc(F)cc2)cc1.Oc1ccc([S+](c2ccccc2)c2ccccc2)cc1. The fourth-order valence-electron chi connectivity index (χ4n) is 4.24. The van der Waals surface area contributed by atoms with Crippen molar-refractivity contribution in [3.63, 3.8) is 0 Å². The highest BCUT2D eigenvalue weighted by Gasteiger charge is 2.37. The van der Waals surface area contributed by atoms with Crippen LogP contribution < -0.4 is 0 Å². The summed E-state index contributed by atoms with van der Waals surface area (Å²) in [7, 11) is -12.8. The van der Waals surface area contributed by atoms with Crippen molar-refractivity contribution < 1.29 is 71.3 Å². The van der Waals surface area contributed by atoms with Crippen molar-refractivity contribution in [1.82, 2.24) is 0 Å². The van der Waals surface area contributed by atoms with Gasteiger partial charge in [0.15, 0.2) is 49.6 Å². The molecule has 0 aromatic heterocycles. The Bertz CT molecular complexity index is 2200. The van der Waals surface area contributed by atoms with Crippen molar-refractivity contribution in [1.29, 1.82) is 0 Å². The van der Waals surface area contributed by atoms with Crippen LogP contribution in [-0.2, 0) is 42.0 Å². The molecule has 0 aliphatic heterocycles. The number of benzene rings is 6. The van der Waals surface area contributed by atoms with Crippen LogP contribution in [-0.4, -0.2) is 47.2 Å². The normalized spacial score (nSPS) is 11.7. The number of rotatable bonds is 6. The molecule has 0 heterocycles. The molecule has 0 atom stereocenters. The number of hydrogen-bond acceptors (Lipinski definition) is 8. The van der Waals surface area contributed by atoms with E-state index >= 15 is 0 Å². The molecule has 6 aromatic rings. The van der Waals surface area contributed by atoms with Gasteiger partial charge in [0.2, 0.25) is 0 Å². The second kappa shape index (κ2) is 20.5. The van der Waals surface area contributed by atoms with Gasteiger partial charge in [0.25, 0.3) is 0 Å². The average molecular weight is 893 g/mol. The van der Waals surface area contributed by atoms with Gasteiger partial charge in [-0.05, 0) is 121 Å². The van der Waals surface area contributed by atoms with Crippen molar-refractivity contribution in [3.05, 3.63) is 169 Å². The fourth-order valence-corrected chi connectivity index (χ4v) is 8.36. The highest BCUT2D eigenvalue weighted by Crippen LogP contribution is 2.33. The zero-order valence-corrected chi connectivity index (χ0v) is 32.3. The lowest BCUT2D eigenvalue weighted by atomic mass is 10.3. The van der Waals surface area contributed by atoms with Gasteiger partial charge in [-0.1, -0.05) is 36.4 Å². The molecular weight excluding hydrogens is 865 g/mol. The second-order valence-electron chi connectivity index (χ2n) is 10.9. The van der Waals surface area contributed by atoms with Gasteiger partial charge in [-0.25, -0.2) is 25.6 Å². The average Bonchev–Trinajstić information content (AvgIpc) is 3.15. The summed E-state index contributed by atoms with van der Waals surface area (Å²) < 4.78 is 144. The van der Waals surface area contributed by atoms with E-state index in [0.29, 0.717) is 5.75 Å². The molecular formula is C38H28F8O8S4. The lowest BCUT2D eigenvalue weighted by Crippen LogP contribution is -2.21. The highest BCUT2D eigenvalue weighted by molar-refractivity contribution is 7.97. The van der Waals surface area contributed by atoms with Gasteiger partial charge < -0.3 is 19.3 Å². The fraction of sp³-hybridized carbons (Fsp3) is 0.0526. The largest absolute Gasteiger partial charge is 0.741 e. The minimum absolute atomic E-state index is 0.134. The Balaban J connectivity index is 0.000000229. The second-order valence-corrected chi connectivity index (χ2v) is 17.7. The summed E-state index contributed by atoms with van der Waals surface area (Å²) in [5, 5.41) is 18.9. The first kappa shape index (κ1) is 47.3. The molecule has 0 aliphatic carbocycles. The third kappa shape index (κ3) is 14.7. The molecule has 308 valence electrons. The molecule has 2 N–H and O–H groups in total. The monoisotopic (exact) mass is 892 g/mol. The number of alkyl halides is 6. The van der Waals surface area contributed by atoms with Crippen molar-refractivity contribution >= 4 is 42.0 Å². The van der Waals surface area contributed by atoms with E-state index in [0.717, 1.165) is 14.7 Å². The molecule has 0 aliphatic rings. The van der Waals surface area contributed by atoms with Gasteiger partial charge in [0, 0.05) is 0 Å². The van der Waals surface area contributed by atoms with Gasteiger partial charge in [-0.3, -0.25) is 0 Å². The zero-order chi connectivity index (χ0) is 43.3. The van der Waals surface area contributed by atoms with Gasteiger partial charge in [0.1, 0.15) is 23.1 Å². The van der Waals surface area contributed by atoms with Crippen molar-refractivity contribution in [2.45, 2.75) is 40.4 Å². The minimum Gasteiger partial charge on any atom is -0.741 e. The summed E-state index contributed by atoms with van der Waals surface area (Å²) in [6.07, 6.45) is 0. The van der Waals surface area contributed by atoms with E-state index < -0.39 is 42.1 Å². The highest BCUT2D eigenvalue weighted by atomic mass is 32.2. The van der Waals surface area contributed by atoms with Crippen LogP contribution in [0.15, 0.2) is 187 Å². The van der Waals surface area contributed by atoms with E-state index in [4.69, 9.17) is 25.9 Å². The van der Waals surface area contributed by atoms with Crippen molar-refractivity contribution in [2.24, 2.45) is 0 Å². The van der Waals surface area contributed by atoms with Crippen LogP contribution in [0.4, 0.5) is 35.1 Å². The maximum atomic E-state index is 13.2. The smallest absolute Gasteiger partial charge is 0.485 e. The standard InChI is InChI=1S/C18H12F2OS.C18H14OS.2CHF3O3S/c19-13-1-7-16(8-2-13)22(17-9-3-14(20)4-10-17)18-11-5-15(21)6-12-18;19-15-11-13-18(14-12-15)20(16-7-3-1-4-8-16)17-9-5-2-6-10-17;2*2-1(3,4)8(5,6)7/h1-12H;1-14H;2*(H,5,6,7). The van der Waals surface area contributed by atoms with Crippen LogP contribution in [0.1, 0.15) is 0 Å². The van der Waals surface area contributed by atoms with E-state index in [1.807, 2.05) is 36.4 Å². The van der Waals surface area contributed by atoms with Crippen LogP contribution in [0.3, 0.4) is 0 Å². The molecule has 0 bridgehead atoms. The Labute approximate surface area is 333 Å². The zero-order valence-electron chi connectivity index (χ0n) is 29.0. The molecule has 0 saturated heterocycles. The van der Waals surface area contributed by atoms with Crippen LogP contribution in [0.5, 0.6) is 11.5 Å². The molecule has 8 nitrogen and oxygen atoms in total. The number of aromatic hydroxyl groups is 2. The van der Waals surface area contributed by atoms with E-state index in [2.05, 4.69) is 48.5 Å². The molecule has 0 saturated carbocycles. The third-order valence-electron chi connectivity index (χ3n) is 6.77. The topological polar surface area (TPSA) is 155 Å². The predicted octanol–water partition coefficient (Wildman–Crippen LogP) is 9.36. The molecule has 0 amide bonds. The molecule has 6 aromatic carbocycles. The van der Waals surface area contributed by atoms with Crippen LogP contribution in [0, 0.1) is 11.6 Å². The predicted molar refractivity (Wildman–Crippen MR) is 198 cm³/mol. The number of hydrogen-bond donors (Lipinski definition) is 2.